The number of carbonyl (C=O) groups excluding carboxylic acids is 1. The standard InChI is InChI=1S/C16H25NO3/c1-6-19-14-9-8-13(10-15(14)20-7-2)16(18)17(5)11-12(3)4/h8-10,12H,6-7,11H2,1-5H3. The van der Waals surface area contributed by atoms with Gasteiger partial charge in [0.25, 0.3) is 5.91 Å². The monoisotopic (exact) mass is 279 g/mol. The quantitative estimate of drug-likeness (QED) is 0.769. The summed E-state index contributed by atoms with van der Waals surface area (Å²) < 4.78 is 11.0. The van der Waals surface area contributed by atoms with Gasteiger partial charge < -0.3 is 14.4 Å². The molecule has 1 rings (SSSR count). The van der Waals surface area contributed by atoms with Gasteiger partial charge in [-0.3, -0.25) is 4.79 Å². The van der Waals surface area contributed by atoms with Crippen molar-refractivity contribution < 1.29 is 14.3 Å². The zero-order chi connectivity index (χ0) is 15.1. The molecule has 0 saturated carbocycles. The Bertz CT molecular complexity index is 443. The molecule has 0 aromatic heterocycles. The lowest BCUT2D eigenvalue weighted by Gasteiger charge is -2.20. The highest BCUT2D eigenvalue weighted by atomic mass is 16.5. The minimum Gasteiger partial charge on any atom is -0.490 e. The molecule has 1 amide bonds. The third-order valence-electron chi connectivity index (χ3n) is 2.78. The van der Waals surface area contributed by atoms with E-state index < -0.39 is 0 Å². The third kappa shape index (κ3) is 4.44. The predicted octanol–water partition coefficient (Wildman–Crippen LogP) is 3.21. The molecule has 0 atom stereocenters. The fourth-order valence-corrected chi connectivity index (χ4v) is 2.04. The summed E-state index contributed by atoms with van der Waals surface area (Å²) in [6.07, 6.45) is 0. The molecule has 0 N–H and O–H groups in total. The second-order valence-corrected chi connectivity index (χ2v) is 5.11. The zero-order valence-corrected chi connectivity index (χ0v) is 13.1. The highest BCUT2D eigenvalue weighted by Gasteiger charge is 2.15. The lowest BCUT2D eigenvalue weighted by molar-refractivity contribution is 0.0778. The summed E-state index contributed by atoms with van der Waals surface area (Å²) in [7, 11) is 1.82. The van der Waals surface area contributed by atoms with Crippen molar-refractivity contribution in [1.82, 2.24) is 4.90 Å². The van der Waals surface area contributed by atoms with Gasteiger partial charge in [0.2, 0.25) is 0 Å². The Morgan fingerprint density at radius 3 is 2.30 bits per heavy atom. The van der Waals surface area contributed by atoms with E-state index in [9.17, 15) is 4.79 Å². The molecule has 4 heteroatoms. The van der Waals surface area contributed by atoms with Crippen LogP contribution in [0.3, 0.4) is 0 Å². The van der Waals surface area contributed by atoms with Gasteiger partial charge in [-0.1, -0.05) is 13.8 Å². The molecule has 0 fully saturated rings. The van der Waals surface area contributed by atoms with Gasteiger partial charge in [0.1, 0.15) is 0 Å². The van der Waals surface area contributed by atoms with Crippen LogP contribution in [0, 0.1) is 5.92 Å². The van der Waals surface area contributed by atoms with Crippen molar-refractivity contribution in [2.45, 2.75) is 27.7 Å². The summed E-state index contributed by atoms with van der Waals surface area (Å²) in [5.74, 6) is 1.75. The zero-order valence-electron chi connectivity index (χ0n) is 13.1. The molecule has 0 bridgehead atoms. The van der Waals surface area contributed by atoms with Crippen molar-refractivity contribution >= 4 is 5.91 Å². The van der Waals surface area contributed by atoms with Crippen molar-refractivity contribution in [3.05, 3.63) is 23.8 Å². The Kier molecular flexibility index (Phi) is 6.36. The summed E-state index contributed by atoms with van der Waals surface area (Å²) in [5, 5.41) is 0. The molecule has 0 aliphatic heterocycles. The molecule has 0 radical (unpaired) electrons. The first kappa shape index (κ1) is 16.3. The number of nitrogens with zero attached hydrogens (tertiary/aromatic N) is 1. The summed E-state index contributed by atoms with van der Waals surface area (Å²) in [5.41, 5.74) is 0.625. The van der Waals surface area contributed by atoms with Crippen molar-refractivity contribution in [2.75, 3.05) is 26.8 Å². The average Bonchev–Trinajstić information content (AvgIpc) is 2.39. The summed E-state index contributed by atoms with van der Waals surface area (Å²) >= 11 is 0. The van der Waals surface area contributed by atoms with Crippen LogP contribution in [-0.4, -0.2) is 37.6 Å². The minimum absolute atomic E-state index is 0.00250. The maximum absolute atomic E-state index is 12.3. The molecule has 1 aromatic rings. The number of hydrogen-bond donors (Lipinski definition) is 0. The lowest BCUT2D eigenvalue weighted by Crippen LogP contribution is -2.30. The normalized spacial score (nSPS) is 10.5. The first-order valence-electron chi connectivity index (χ1n) is 7.14. The van der Waals surface area contributed by atoms with Crippen LogP contribution < -0.4 is 9.47 Å². The smallest absolute Gasteiger partial charge is 0.253 e. The van der Waals surface area contributed by atoms with Gasteiger partial charge >= 0.3 is 0 Å². The first-order chi connectivity index (χ1) is 9.49. The number of rotatable bonds is 7. The number of ether oxygens (including phenoxy) is 2. The molecule has 0 unspecified atom stereocenters. The SMILES string of the molecule is CCOc1ccc(C(=O)N(C)CC(C)C)cc1OCC. The van der Waals surface area contributed by atoms with Crippen molar-refractivity contribution in [1.29, 1.82) is 0 Å². The maximum atomic E-state index is 12.3. The fraction of sp³-hybridized carbons (Fsp3) is 0.562. The number of carbonyl (C=O) groups is 1. The van der Waals surface area contributed by atoms with Gasteiger partial charge in [-0.2, -0.15) is 0 Å². The largest absolute Gasteiger partial charge is 0.490 e. The molecule has 0 spiro atoms. The van der Waals surface area contributed by atoms with Crippen LogP contribution in [0.4, 0.5) is 0 Å². The van der Waals surface area contributed by atoms with E-state index in [0.717, 1.165) is 6.54 Å². The Morgan fingerprint density at radius 2 is 1.75 bits per heavy atom. The van der Waals surface area contributed by atoms with E-state index >= 15 is 0 Å². The summed E-state index contributed by atoms with van der Waals surface area (Å²) in [6.45, 7) is 9.86. The van der Waals surface area contributed by atoms with Gasteiger partial charge in [0, 0.05) is 19.2 Å². The Hall–Kier alpha value is -1.71. The minimum atomic E-state index is 0.00250. The van der Waals surface area contributed by atoms with Crippen LogP contribution in [-0.2, 0) is 0 Å². The molecule has 0 aliphatic carbocycles. The molecule has 112 valence electrons. The van der Waals surface area contributed by atoms with E-state index in [4.69, 9.17) is 9.47 Å². The Labute approximate surface area is 121 Å². The van der Waals surface area contributed by atoms with Crippen LogP contribution in [0.2, 0.25) is 0 Å². The number of benzene rings is 1. The number of hydrogen-bond acceptors (Lipinski definition) is 3. The third-order valence-corrected chi connectivity index (χ3v) is 2.78. The van der Waals surface area contributed by atoms with Crippen molar-refractivity contribution in [3.8, 4) is 11.5 Å². The highest BCUT2D eigenvalue weighted by Crippen LogP contribution is 2.29. The van der Waals surface area contributed by atoms with Crippen LogP contribution >= 0.6 is 0 Å². The van der Waals surface area contributed by atoms with E-state index in [0.29, 0.717) is 36.2 Å². The topological polar surface area (TPSA) is 38.8 Å². The molecule has 0 saturated heterocycles. The van der Waals surface area contributed by atoms with E-state index in [1.165, 1.54) is 0 Å². The molecule has 20 heavy (non-hydrogen) atoms. The molecule has 4 nitrogen and oxygen atoms in total. The first-order valence-corrected chi connectivity index (χ1v) is 7.14. The van der Waals surface area contributed by atoms with Gasteiger partial charge in [0.05, 0.1) is 13.2 Å². The maximum Gasteiger partial charge on any atom is 0.253 e. The van der Waals surface area contributed by atoms with Crippen LogP contribution in [0.5, 0.6) is 11.5 Å². The van der Waals surface area contributed by atoms with Gasteiger partial charge in [-0.15, -0.1) is 0 Å². The highest BCUT2D eigenvalue weighted by molar-refractivity contribution is 5.94. The van der Waals surface area contributed by atoms with E-state index in [2.05, 4.69) is 13.8 Å². The van der Waals surface area contributed by atoms with Gasteiger partial charge in [0.15, 0.2) is 11.5 Å². The van der Waals surface area contributed by atoms with E-state index in [1.54, 1.807) is 23.1 Å². The second kappa shape index (κ2) is 7.78. The lowest BCUT2D eigenvalue weighted by atomic mass is 10.1. The molecular weight excluding hydrogens is 254 g/mol. The van der Waals surface area contributed by atoms with Crippen molar-refractivity contribution in [3.63, 3.8) is 0 Å². The van der Waals surface area contributed by atoms with Gasteiger partial charge in [-0.05, 0) is 38.0 Å². The Balaban J connectivity index is 2.95. The van der Waals surface area contributed by atoms with Crippen LogP contribution in [0.1, 0.15) is 38.1 Å². The summed E-state index contributed by atoms with van der Waals surface area (Å²) in [4.78, 5) is 14.1. The molecule has 1 aromatic carbocycles. The van der Waals surface area contributed by atoms with Gasteiger partial charge in [-0.25, -0.2) is 0 Å². The fourth-order valence-electron chi connectivity index (χ4n) is 2.04. The van der Waals surface area contributed by atoms with Crippen molar-refractivity contribution in [2.24, 2.45) is 5.92 Å². The molecular formula is C16H25NO3. The Morgan fingerprint density at radius 1 is 1.15 bits per heavy atom. The summed E-state index contributed by atoms with van der Waals surface area (Å²) in [6, 6.07) is 5.34. The molecule has 0 aliphatic rings. The molecule has 0 heterocycles. The second-order valence-electron chi connectivity index (χ2n) is 5.11. The van der Waals surface area contributed by atoms with E-state index in [-0.39, 0.29) is 5.91 Å². The predicted molar refractivity (Wildman–Crippen MR) is 80.6 cm³/mol. The van der Waals surface area contributed by atoms with E-state index in [1.807, 2.05) is 20.9 Å². The van der Waals surface area contributed by atoms with Crippen LogP contribution in [0.25, 0.3) is 0 Å². The van der Waals surface area contributed by atoms with Crippen LogP contribution in [0.15, 0.2) is 18.2 Å². The number of amides is 1. The average molecular weight is 279 g/mol.